The van der Waals surface area contributed by atoms with Crippen LogP contribution in [0.4, 0.5) is 4.79 Å². The highest BCUT2D eigenvalue weighted by Crippen LogP contribution is 2.31. The van der Waals surface area contributed by atoms with Gasteiger partial charge in [-0.25, -0.2) is 4.79 Å². The Labute approximate surface area is 127 Å². The highest BCUT2D eigenvalue weighted by atomic mass is 16.2. The second kappa shape index (κ2) is 4.60. The van der Waals surface area contributed by atoms with Gasteiger partial charge in [-0.05, 0) is 25.0 Å². The first-order valence-corrected chi connectivity index (χ1v) is 7.28. The summed E-state index contributed by atoms with van der Waals surface area (Å²) in [4.78, 5) is 27.4. The second-order valence-electron chi connectivity index (χ2n) is 5.76. The molecule has 0 atom stereocenters. The van der Waals surface area contributed by atoms with Gasteiger partial charge in [0.1, 0.15) is 12.6 Å². The minimum Gasteiger partial charge on any atom is -0.322 e. The molecule has 3 amide bonds. The quantitative estimate of drug-likeness (QED) is 0.810. The fourth-order valence-corrected chi connectivity index (χ4v) is 2.98. The zero-order valence-electron chi connectivity index (χ0n) is 11.9. The molecule has 22 heavy (non-hydrogen) atoms. The molecule has 1 saturated heterocycles. The normalized spacial score (nSPS) is 18.3. The molecule has 0 N–H and O–H groups in total. The third kappa shape index (κ3) is 1.86. The van der Waals surface area contributed by atoms with Gasteiger partial charge in [0.2, 0.25) is 0 Å². The van der Waals surface area contributed by atoms with Gasteiger partial charge in [-0.3, -0.25) is 9.69 Å². The molecule has 1 aliphatic carbocycles. The molecule has 0 bridgehead atoms. The van der Waals surface area contributed by atoms with Crippen molar-refractivity contribution in [2.45, 2.75) is 25.4 Å². The van der Waals surface area contributed by atoms with E-state index in [0.29, 0.717) is 11.1 Å². The Balaban J connectivity index is 1.67. The number of hydrogen-bond acceptors (Lipinski definition) is 3. The SMILES string of the molecule is N#Cc1c(CN2C(=O)CN(C3CC3)C2=O)cn2ccccc12. The third-order valence-corrected chi connectivity index (χ3v) is 4.27. The molecule has 6 heteroatoms. The summed E-state index contributed by atoms with van der Waals surface area (Å²) in [6, 6.07) is 7.77. The van der Waals surface area contributed by atoms with Crippen molar-refractivity contribution in [1.29, 1.82) is 5.26 Å². The summed E-state index contributed by atoms with van der Waals surface area (Å²) in [5.74, 6) is -0.184. The monoisotopic (exact) mass is 294 g/mol. The number of carbonyl (C=O) groups excluding carboxylic acids is 2. The van der Waals surface area contributed by atoms with Crippen LogP contribution in [0.5, 0.6) is 0 Å². The maximum Gasteiger partial charge on any atom is 0.327 e. The molecule has 2 aromatic heterocycles. The van der Waals surface area contributed by atoms with Gasteiger partial charge in [-0.2, -0.15) is 5.26 Å². The molecule has 2 aliphatic rings. The molecule has 4 rings (SSSR count). The number of hydrogen-bond donors (Lipinski definition) is 0. The summed E-state index contributed by atoms with van der Waals surface area (Å²) >= 11 is 0. The summed E-state index contributed by atoms with van der Waals surface area (Å²) in [5.41, 5.74) is 2.01. The second-order valence-corrected chi connectivity index (χ2v) is 5.76. The van der Waals surface area contributed by atoms with E-state index in [9.17, 15) is 14.9 Å². The first kappa shape index (κ1) is 12.9. The van der Waals surface area contributed by atoms with E-state index < -0.39 is 0 Å². The summed E-state index contributed by atoms with van der Waals surface area (Å²) in [5, 5.41) is 9.40. The van der Waals surface area contributed by atoms with Gasteiger partial charge in [-0.1, -0.05) is 6.07 Å². The van der Waals surface area contributed by atoms with Crippen molar-refractivity contribution in [3.63, 3.8) is 0 Å². The van der Waals surface area contributed by atoms with Crippen molar-refractivity contribution in [2.75, 3.05) is 6.54 Å². The van der Waals surface area contributed by atoms with Crippen molar-refractivity contribution >= 4 is 17.5 Å². The largest absolute Gasteiger partial charge is 0.327 e. The van der Waals surface area contributed by atoms with Gasteiger partial charge in [-0.15, -0.1) is 0 Å². The van der Waals surface area contributed by atoms with E-state index in [4.69, 9.17) is 0 Å². The third-order valence-electron chi connectivity index (χ3n) is 4.27. The summed E-state index contributed by atoms with van der Waals surface area (Å²) in [6.45, 7) is 0.324. The van der Waals surface area contributed by atoms with Crippen LogP contribution < -0.4 is 0 Å². The minimum absolute atomic E-state index is 0.158. The first-order valence-electron chi connectivity index (χ1n) is 7.28. The van der Waals surface area contributed by atoms with Crippen molar-refractivity contribution in [3.8, 4) is 6.07 Å². The predicted molar refractivity (Wildman–Crippen MR) is 77.8 cm³/mol. The van der Waals surface area contributed by atoms with Crippen LogP contribution in [0.1, 0.15) is 24.0 Å². The lowest BCUT2D eigenvalue weighted by Gasteiger charge is -2.16. The average Bonchev–Trinajstić information content (AvgIpc) is 3.24. The number of carbonyl (C=O) groups is 2. The molecule has 110 valence electrons. The molecule has 1 aliphatic heterocycles. The van der Waals surface area contributed by atoms with E-state index in [0.717, 1.165) is 18.4 Å². The van der Waals surface area contributed by atoms with E-state index in [2.05, 4.69) is 6.07 Å². The molecule has 1 saturated carbocycles. The van der Waals surface area contributed by atoms with Gasteiger partial charge in [0.25, 0.3) is 5.91 Å². The Morgan fingerprint density at radius 1 is 1.27 bits per heavy atom. The maximum absolute atomic E-state index is 12.4. The van der Waals surface area contributed by atoms with Crippen LogP contribution in [-0.4, -0.2) is 38.7 Å². The van der Waals surface area contributed by atoms with E-state index >= 15 is 0 Å². The first-order chi connectivity index (χ1) is 10.7. The van der Waals surface area contributed by atoms with Crippen molar-refractivity contribution < 1.29 is 9.59 Å². The van der Waals surface area contributed by atoms with Crippen LogP contribution in [0.2, 0.25) is 0 Å². The maximum atomic E-state index is 12.4. The molecule has 2 fully saturated rings. The standard InChI is InChI=1S/C16H14N4O2/c17-7-13-11(8-18-6-2-1-3-14(13)18)9-20-15(21)10-19(16(20)22)12-4-5-12/h1-3,6,8,12H,4-5,9-10H2. The zero-order valence-corrected chi connectivity index (χ0v) is 11.9. The highest BCUT2D eigenvalue weighted by Gasteiger charge is 2.43. The Hall–Kier alpha value is -2.81. The molecule has 6 nitrogen and oxygen atoms in total. The molecule has 3 heterocycles. The van der Waals surface area contributed by atoms with Gasteiger partial charge in [0, 0.05) is 24.0 Å². The van der Waals surface area contributed by atoms with Crippen molar-refractivity contribution in [1.82, 2.24) is 14.2 Å². The summed E-state index contributed by atoms with van der Waals surface area (Å²) < 4.78 is 1.84. The lowest BCUT2D eigenvalue weighted by Crippen LogP contribution is -2.33. The lowest BCUT2D eigenvalue weighted by molar-refractivity contribution is -0.125. The number of nitriles is 1. The number of aromatic nitrogens is 1. The fourth-order valence-electron chi connectivity index (χ4n) is 2.98. The number of nitrogens with zero attached hydrogens (tertiary/aromatic N) is 4. The molecule has 0 radical (unpaired) electrons. The smallest absolute Gasteiger partial charge is 0.322 e. The van der Waals surface area contributed by atoms with E-state index in [1.54, 1.807) is 4.90 Å². The average molecular weight is 294 g/mol. The molecular formula is C16H14N4O2. The lowest BCUT2D eigenvalue weighted by atomic mass is 10.1. The van der Waals surface area contributed by atoms with E-state index in [-0.39, 0.29) is 31.1 Å². The molecule has 0 aromatic carbocycles. The Bertz CT molecular complexity index is 828. The van der Waals surface area contributed by atoms with Crippen molar-refractivity contribution in [3.05, 3.63) is 41.7 Å². The van der Waals surface area contributed by atoms with Gasteiger partial charge in [0.05, 0.1) is 17.6 Å². The Morgan fingerprint density at radius 2 is 2.09 bits per heavy atom. The number of imide groups is 1. The van der Waals surface area contributed by atoms with Gasteiger partial charge < -0.3 is 9.30 Å². The van der Waals surface area contributed by atoms with E-state index in [1.807, 2.05) is 35.0 Å². The van der Waals surface area contributed by atoms with Gasteiger partial charge >= 0.3 is 6.03 Å². The van der Waals surface area contributed by atoms with Crippen LogP contribution in [-0.2, 0) is 11.3 Å². The minimum atomic E-state index is -0.230. The fraction of sp³-hybridized carbons (Fsp3) is 0.312. The van der Waals surface area contributed by atoms with Crippen LogP contribution in [0.15, 0.2) is 30.6 Å². The predicted octanol–water partition coefficient (Wildman–Crippen LogP) is 1.74. The Morgan fingerprint density at radius 3 is 2.82 bits per heavy atom. The molecule has 0 unspecified atom stereocenters. The number of rotatable bonds is 3. The summed E-state index contributed by atoms with van der Waals surface area (Å²) in [7, 11) is 0. The molecule has 2 aromatic rings. The van der Waals surface area contributed by atoms with Crippen LogP contribution >= 0.6 is 0 Å². The number of urea groups is 1. The van der Waals surface area contributed by atoms with E-state index in [1.165, 1.54) is 4.90 Å². The van der Waals surface area contributed by atoms with Crippen LogP contribution in [0.25, 0.3) is 5.52 Å². The molecule has 0 spiro atoms. The van der Waals surface area contributed by atoms with Crippen molar-refractivity contribution in [2.24, 2.45) is 0 Å². The highest BCUT2D eigenvalue weighted by molar-refractivity contribution is 6.02. The topological polar surface area (TPSA) is 68.8 Å². The number of fused-ring (bicyclic) bond motifs is 1. The zero-order chi connectivity index (χ0) is 15.3. The van der Waals surface area contributed by atoms with Gasteiger partial charge in [0.15, 0.2) is 0 Å². The Kier molecular flexibility index (Phi) is 2.70. The molecular weight excluding hydrogens is 280 g/mol. The number of pyridine rings is 1. The van der Waals surface area contributed by atoms with Crippen LogP contribution in [0.3, 0.4) is 0 Å². The summed E-state index contributed by atoms with van der Waals surface area (Å²) in [6.07, 6.45) is 5.62. The number of amides is 3. The van der Waals surface area contributed by atoms with Crippen LogP contribution in [0, 0.1) is 11.3 Å².